The Labute approximate surface area is 201 Å². The summed E-state index contributed by atoms with van der Waals surface area (Å²) in [5.41, 5.74) is 1.04. The van der Waals surface area contributed by atoms with E-state index >= 15 is 0 Å². The normalized spacial score (nSPS) is 23.1. The second kappa shape index (κ2) is 9.73. The highest BCUT2D eigenvalue weighted by Gasteiger charge is 2.42. The zero-order valence-corrected chi connectivity index (χ0v) is 20.9. The first-order valence-electron chi connectivity index (χ1n) is 11.4. The number of carbonyl (C=O) groups excluding carboxylic acids is 1. The van der Waals surface area contributed by atoms with Crippen LogP contribution in [0.3, 0.4) is 0 Å². The molecule has 32 heavy (non-hydrogen) atoms. The van der Waals surface area contributed by atoms with Gasteiger partial charge < -0.3 is 9.88 Å². The molecule has 0 aliphatic heterocycles. The number of hydrogen-bond donors (Lipinski definition) is 1. The molecule has 2 bridgehead atoms. The van der Waals surface area contributed by atoms with Crippen LogP contribution in [0.4, 0.5) is 0 Å². The number of carbonyl (C=O) groups is 1. The molecule has 0 saturated heterocycles. The van der Waals surface area contributed by atoms with Crippen molar-refractivity contribution in [1.29, 1.82) is 0 Å². The zero-order valence-electron chi connectivity index (χ0n) is 18.5. The fraction of sp³-hybridized carbons (Fsp3) is 0.565. The Morgan fingerprint density at radius 1 is 1.25 bits per heavy atom. The van der Waals surface area contributed by atoms with Gasteiger partial charge in [0, 0.05) is 12.6 Å². The zero-order chi connectivity index (χ0) is 22.1. The first-order chi connectivity index (χ1) is 15.6. The first-order valence-corrected chi connectivity index (χ1v) is 14.2. The van der Waals surface area contributed by atoms with E-state index in [0.717, 1.165) is 39.2 Å². The molecule has 2 heterocycles. The number of thioether (sulfide) groups is 2. The molecular weight excluding hydrogens is 458 g/mol. The standard InChI is InChI=1S/C23H29N5OS3/c1-3-28-20(12-31-23-25-18-6-4-5-7-19(18)32-23)26-27-22(28)30-13-21(29)24-14(2)17-11-15-8-9-16(17)10-15/h4-7,14-17H,3,8-13H2,1-2H3,(H,24,29). The minimum absolute atomic E-state index is 0.0985. The van der Waals surface area contributed by atoms with Gasteiger partial charge in [0.25, 0.3) is 0 Å². The molecule has 2 fully saturated rings. The Morgan fingerprint density at radius 2 is 2.12 bits per heavy atom. The van der Waals surface area contributed by atoms with E-state index in [4.69, 9.17) is 0 Å². The lowest BCUT2D eigenvalue weighted by Crippen LogP contribution is -2.40. The number of amides is 1. The summed E-state index contributed by atoms with van der Waals surface area (Å²) in [5.74, 6) is 4.51. The van der Waals surface area contributed by atoms with Gasteiger partial charge in [-0.05, 0) is 63.0 Å². The minimum atomic E-state index is 0.0985. The van der Waals surface area contributed by atoms with E-state index in [9.17, 15) is 4.79 Å². The number of nitrogens with zero attached hydrogens (tertiary/aromatic N) is 4. The molecule has 4 atom stereocenters. The van der Waals surface area contributed by atoms with E-state index in [1.807, 2.05) is 18.2 Å². The van der Waals surface area contributed by atoms with E-state index < -0.39 is 0 Å². The van der Waals surface area contributed by atoms with Gasteiger partial charge in [-0.25, -0.2) is 4.98 Å². The lowest BCUT2D eigenvalue weighted by molar-refractivity contribution is -0.119. The van der Waals surface area contributed by atoms with E-state index in [2.05, 4.69) is 45.0 Å². The summed E-state index contributed by atoms with van der Waals surface area (Å²) in [7, 11) is 0. The Morgan fingerprint density at radius 3 is 2.88 bits per heavy atom. The number of thiazole rings is 1. The maximum Gasteiger partial charge on any atom is 0.230 e. The van der Waals surface area contributed by atoms with Gasteiger partial charge in [-0.3, -0.25) is 4.79 Å². The second-order valence-corrected chi connectivity index (χ2v) is 12.1. The number of benzene rings is 1. The second-order valence-electron chi connectivity index (χ2n) is 8.86. The highest BCUT2D eigenvalue weighted by molar-refractivity contribution is 8.00. The van der Waals surface area contributed by atoms with Gasteiger partial charge >= 0.3 is 0 Å². The lowest BCUT2D eigenvalue weighted by Gasteiger charge is -2.28. The molecule has 4 unspecified atom stereocenters. The Hall–Kier alpha value is -1.58. The number of aromatic nitrogens is 4. The van der Waals surface area contributed by atoms with Crippen LogP contribution in [-0.4, -0.2) is 37.5 Å². The van der Waals surface area contributed by atoms with Crippen LogP contribution in [-0.2, 0) is 17.1 Å². The van der Waals surface area contributed by atoms with Gasteiger partial charge in [0.05, 0.1) is 21.7 Å². The smallest absolute Gasteiger partial charge is 0.230 e. The third-order valence-corrected chi connectivity index (χ3v) is 10.0. The topological polar surface area (TPSA) is 72.7 Å². The van der Waals surface area contributed by atoms with Crippen molar-refractivity contribution in [3.8, 4) is 0 Å². The molecular formula is C23H29N5OS3. The highest BCUT2D eigenvalue weighted by Crippen LogP contribution is 2.49. The quantitative estimate of drug-likeness (QED) is 0.417. The molecule has 2 saturated carbocycles. The number of para-hydroxylation sites is 1. The molecule has 1 amide bonds. The molecule has 170 valence electrons. The van der Waals surface area contributed by atoms with Gasteiger partial charge in [0.1, 0.15) is 5.82 Å². The largest absolute Gasteiger partial charge is 0.353 e. The van der Waals surface area contributed by atoms with E-state index in [0.29, 0.717) is 17.4 Å². The molecule has 2 aromatic heterocycles. The molecule has 2 aliphatic carbocycles. The molecule has 0 spiro atoms. The van der Waals surface area contributed by atoms with E-state index in [1.165, 1.54) is 42.1 Å². The van der Waals surface area contributed by atoms with Gasteiger partial charge in [-0.1, -0.05) is 42.1 Å². The van der Waals surface area contributed by atoms with Crippen LogP contribution >= 0.6 is 34.9 Å². The number of rotatable bonds is 9. The molecule has 1 aromatic carbocycles. The van der Waals surface area contributed by atoms with Crippen molar-refractivity contribution in [1.82, 2.24) is 25.1 Å². The minimum Gasteiger partial charge on any atom is -0.353 e. The first kappa shape index (κ1) is 22.2. The maximum atomic E-state index is 12.6. The average molecular weight is 488 g/mol. The molecule has 5 rings (SSSR count). The maximum absolute atomic E-state index is 12.6. The third kappa shape index (κ3) is 4.70. The summed E-state index contributed by atoms with van der Waals surface area (Å²) in [4.78, 5) is 17.3. The summed E-state index contributed by atoms with van der Waals surface area (Å²) in [5, 5.41) is 12.8. The summed E-state index contributed by atoms with van der Waals surface area (Å²) in [6.07, 6.45) is 5.40. The van der Waals surface area contributed by atoms with Crippen LogP contribution in [0.2, 0.25) is 0 Å². The van der Waals surface area contributed by atoms with Crippen molar-refractivity contribution in [3.05, 3.63) is 30.1 Å². The summed E-state index contributed by atoms with van der Waals surface area (Å²) >= 11 is 4.88. The van der Waals surface area contributed by atoms with Crippen LogP contribution in [0.1, 0.15) is 45.4 Å². The van der Waals surface area contributed by atoms with Crippen molar-refractivity contribution in [2.24, 2.45) is 17.8 Å². The summed E-state index contributed by atoms with van der Waals surface area (Å²) in [6.45, 7) is 5.06. The van der Waals surface area contributed by atoms with Gasteiger partial charge in [-0.2, -0.15) is 0 Å². The van der Waals surface area contributed by atoms with Crippen LogP contribution < -0.4 is 5.32 Å². The van der Waals surface area contributed by atoms with Crippen molar-refractivity contribution in [3.63, 3.8) is 0 Å². The average Bonchev–Trinajstić information content (AvgIpc) is 3.58. The summed E-state index contributed by atoms with van der Waals surface area (Å²) in [6, 6.07) is 8.47. The Balaban J connectivity index is 1.14. The van der Waals surface area contributed by atoms with Crippen LogP contribution in [0, 0.1) is 17.8 Å². The van der Waals surface area contributed by atoms with E-state index in [-0.39, 0.29) is 11.9 Å². The summed E-state index contributed by atoms with van der Waals surface area (Å²) < 4.78 is 4.35. The Kier molecular flexibility index (Phi) is 6.76. The predicted molar refractivity (Wildman–Crippen MR) is 132 cm³/mol. The predicted octanol–water partition coefficient (Wildman–Crippen LogP) is 5.23. The van der Waals surface area contributed by atoms with Crippen molar-refractivity contribution < 1.29 is 4.79 Å². The van der Waals surface area contributed by atoms with Crippen LogP contribution in [0.5, 0.6) is 0 Å². The van der Waals surface area contributed by atoms with Gasteiger partial charge in [0.15, 0.2) is 9.50 Å². The van der Waals surface area contributed by atoms with E-state index in [1.54, 1.807) is 23.1 Å². The fourth-order valence-electron chi connectivity index (χ4n) is 5.33. The third-order valence-electron chi connectivity index (χ3n) is 6.86. The molecule has 1 N–H and O–H groups in total. The molecule has 9 heteroatoms. The number of nitrogens with one attached hydrogen (secondary N) is 1. The van der Waals surface area contributed by atoms with Crippen molar-refractivity contribution in [2.75, 3.05) is 5.75 Å². The van der Waals surface area contributed by atoms with Gasteiger partial charge in [-0.15, -0.1) is 21.5 Å². The monoisotopic (exact) mass is 487 g/mol. The highest BCUT2D eigenvalue weighted by atomic mass is 32.2. The van der Waals surface area contributed by atoms with Crippen molar-refractivity contribution in [2.45, 2.75) is 67.4 Å². The van der Waals surface area contributed by atoms with Gasteiger partial charge in [0.2, 0.25) is 5.91 Å². The molecule has 2 aliphatic rings. The molecule has 0 radical (unpaired) electrons. The molecule has 3 aromatic rings. The number of fused-ring (bicyclic) bond motifs is 3. The number of hydrogen-bond acceptors (Lipinski definition) is 7. The Bertz CT molecular complexity index is 1060. The fourth-order valence-corrected chi connectivity index (χ4v) is 8.17. The lowest BCUT2D eigenvalue weighted by atomic mass is 9.84. The van der Waals surface area contributed by atoms with Crippen LogP contribution in [0.25, 0.3) is 10.2 Å². The van der Waals surface area contributed by atoms with Crippen LogP contribution in [0.15, 0.2) is 33.8 Å². The van der Waals surface area contributed by atoms with Crippen molar-refractivity contribution >= 4 is 51.0 Å². The SMILES string of the molecule is CCn1c(CSc2nc3ccccc3s2)nnc1SCC(=O)NC(C)C1CC2CCC1C2. The molecule has 6 nitrogen and oxygen atoms in total.